The molecule has 0 spiro atoms. The average Bonchev–Trinajstić information content (AvgIpc) is 2.36. The maximum absolute atomic E-state index is 10.9. The number of aryl methyl sites for hydroxylation is 1. The van der Waals surface area contributed by atoms with Crippen LogP contribution in [-0.2, 0) is 0 Å². The van der Waals surface area contributed by atoms with E-state index in [1.165, 1.54) is 0 Å². The molecule has 0 saturated carbocycles. The first kappa shape index (κ1) is 12.0. The lowest BCUT2D eigenvalue weighted by atomic mass is 10.2. The fraction of sp³-hybridized carbons (Fsp3) is 0.0714. The lowest BCUT2D eigenvalue weighted by molar-refractivity contribution is 0.100. The first-order valence-corrected chi connectivity index (χ1v) is 5.51. The summed E-state index contributed by atoms with van der Waals surface area (Å²) in [6.45, 7) is 1.92. The van der Waals surface area contributed by atoms with Crippen LogP contribution in [0.3, 0.4) is 0 Å². The number of anilines is 1. The van der Waals surface area contributed by atoms with E-state index in [0.29, 0.717) is 22.7 Å². The smallest absolute Gasteiger partial charge is 0.248 e. The van der Waals surface area contributed by atoms with Gasteiger partial charge in [0.2, 0.25) is 5.91 Å². The molecule has 0 bridgehead atoms. The Hall–Kier alpha value is -2.49. The lowest BCUT2D eigenvalue weighted by Gasteiger charge is -2.10. The number of carbonyl (C=O) groups excluding carboxylic acids is 1. The summed E-state index contributed by atoms with van der Waals surface area (Å²) in [4.78, 5) is 10.9. The van der Waals surface area contributed by atoms with E-state index in [-0.39, 0.29) is 0 Å². The van der Waals surface area contributed by atoms with Gasteiger partial charge in [-0.05, 0) is 42.8 Å². The maximum atomic E-state index is 10.9. The van der Waals surface area contributed by atoms with Gasteiger partial charge >= 0.3 is 0 Å². The Balaban J connectivity index is 2.24. The first-order valence-electron chi connectivity index (χ1n) is 5.51. The third-order valence-electron chi connectivity index (χ3n) is 2.65. The number of hydrogen-bond donors (Lipinski definition) is 2. The van der Waals surface area contributed by atoms with Crippen LogP contribution in [-0.4, -0.2) is 5.91 Å². The average molecular weight is 242 g/mol. The molecule has 0 aliphatic carbocycles. The van der Waals surface area contributed by atoms with Gasteiger partial charge in [-0.2, -0.15) is 0 Å². The second-order valence-electron chi connectivity index (χ2n) is 3.98. The molecule has 0 heterocycles. The maximum Gasteiger partial charge on any atom is 0.248 e. The highest BCUT2D eigenvalue weighted by atomic mass is 16.5. The topological polar surface area (TPSA) is 78.3 Å². The number of para-hydroxylation sites is 1. The number of ether oxygens (including phenoxy) is 1. The van der Waals surface area contributed by atoms with E-state index in [2.05, 4.69) is 0 Å². The molecule has 18 heavy (non-hydrogen) atoms. The van der Waals surface area contributed by atoms with Crippen molar-refractivity contribution in [1.82, 2.24) is 0 Å². The molecule has 0 radical (unpaired) electrons. The summed E-state index contributed by atoms with van der Waals surface area (Å²) >= 11 is 0. The number of amides is 1. The van der Waals surface area contributed by atoms with E-state index in [1.54, 1.807) is 30.3 Å². The van der Waals surface area contributed by atoms with Crippen LogP contribution >= 0.6 is 0 Å². The molecule has 4 N–H and O–H groups in total. The molecule has 0 aliphatic rings. The van der Waals surface area contributed by atoms with Crippen LogP contribution in [0.5, 0.6) is 11.5 Å². The van der Waals surface area contributed by atoms with Crippen LogP contribution in [0.4, 0.5) is 5.69 Å². The standard InChI is InChI=1S/C14H14N2O2/c1-9-3-2-4-12(13(9)15)18-11-7-5-10(6-8-11)14(16)17/h2-8H,15H2,1H3,(H2,16,17). The van der Waals surface area contributed by atoms with E-state index >= 15 is 0 Å². The highest BCUT2D eigenvalue weighted by Gasteiger charge is 2.05. The Kier molecular flexibility index (Phi) is 3.19. The summed E-state index contributed by atoms with van der Waals surface area (Å²) in [6, 6.07) is 12.2. The predicted molar refractivity (Wildman–Crippen MR) is 70.6 cm³/mol. The van der Waals surface area contributed by atoms with E-state index in [9.17, 15) is 4.79 Å². The van der Waals surface area contributed by atoms with E-state index in [0.717, 1.165) is 5.56 Å². The summed E-state index contributed by atoms with van der Waals surface area (Å²) in [5.74, 6) is 0.746. The van der Waals surface area contributed by atoms with Gasteiger partial charge in [-0.1, -0.05) is 12.1 Å². The monoisotopic (exact) mass is 242 g/mol. The second kappa shape index (κ2) is 4.79. The third-order valence-corrected chi connectivity index (χ3v) is 2.65. The molecule has 0 aromatic heterocycles. The van der Waals surface area contributed by atoms with Gasteiger partial charge in [0, 0.05) is 5.56 Å². The number of nitrogens with two attached hydrogens (primary N) is 2. The van der Waals surface area contributed by atoms with Crippen molar-refractivity contribution in [3.8, 4) is 11.5 Å². The summed E-state index contributed by atoms with van der Waals surface area (Å²) in [5, 5.41) is 0. The number of rotatable bonds is 3. The van der Waals surface area contributed by atoms with Crippen LogP contribution in [0.25, 0.3) is 0 Å². The van der Waals surface area contributed by atoms with Crippen LogP contribution in [0.2, 0.25) is 0 Å². The summed E-state index contributed by atoms with van der Waals surface area (Å²) in [5.41, 5.74) is 13.1. The number of carbonyl (C=O) groups is 1. The molecule has 1 amide bonds. The van der Waals surface area contributed by atoms with Crippen LogP contribution in [0.15, 0.2) is 42.5 Å². The van der Waals surface area contributed by atoms with Crippen LogP contribution < -0.4 is 16.2 Å². The normalized spacial score (nSPS) is 10.1. The van der Waals surface area contributed by atoms with Gasteiger partial charge in [-0.3, -0.25) is 4.79 Å². The van der Waals surface area contributed by atoms with Crippen LogP contribution in [0, 0.1) is 6.92 Å². The number of nitrogen functional groups attached to an aromatic ring is 1. The quantitative estimate of drug-likeness (QED) is 0.811. The molecule has 4 heteroatoms. The van der Waals surface area contributed by atoms with E-state index in [1.807, 2.05) is 19.1 Å². The predicted octanol–water partition coefficient (Wildman–Crippen LogP) is 2.47. The molecular formula is C14H14N2O2. The fourth-order valence-electron chi connectivity index (χ4n) is 1.56. The minimum absolute atomic E-state index is 0.444. The molecule has 2 aromatic rings. The molecule has 0 atom stereocenters. The lowest BCUT2D eigenvalue weighted by Crippen LogP contribution is -2.10. The molecule has 0 fully saturated rings. The van der Waals surface area contributed by atoms with Crippen molar-refractivity contribution in [3.63, 3.8) is 0 Å². The van der Waals surface area contributed by atoms with Gasteiger partial charge < -0.3 is 16.2 Å². The Morgan fingerprint density at radius 1 is 1.11 bits per heavy atom. The number of benzene rings is 2. The number of hydrogen-bond acceptors (Lipinski definition) is 3. The minimum atomic E-state index is -0.461. The summed E-state index contributed by atoms with van der Waals surface area (Å²) in [6.07, 6.45) is 0. The van der Waals surface area contributed by atoms with Gasteiger partial charge in [-0.15, -0.1) is 0 Å². The molecule has 0 saturated heterocycles. The zero-order valence-corrected chi connectivity index (χ0v) is 10.0. The number of primary amides is 1. The summed E-state index contributed by atoms with van der Waals surface area (Å²) < 4.78 is 5.65. The van der Waals surface area contributed by atoms with Crippen LogP contribution in [0.1, 0.15) is 15.9 Å². The van der Waals surface area contributed by atoms with Crippen molar-refractivity contribution in [2.24, 2.45) is 5.73 Å². The van der Waals surface area contributed by atoms with Crippen molar-refractivity contribution >= 4 is 11.6 Å². The minimum Gasteiger partial charge on any atom is -0.455 e. The SMILES string of the molecule is Cc1cccc(Oc2ccc(C(N)=O)cc2)c1N. The van der Waals surface area contributed by atoms with Gasteiger partial charge in [0.05, 0.1) is 5.69 Å². The first-order chi connectivity index (χ1) is 8.58. The zero-order chi connectivity index (χ0) is 13.1. The Morgan fingerprint density at radius 2 is 1.78 bits per heavy atom. The van der Waals surface area contributed by atoms with E-state index < -0.39 is 5.91 Å². The van der Waals surface area contributed by atoms with Crippen molar-refractivity contribution < 1.29 is 9.53 Å². The van der Waals surface area contributed by atoms with Crippen molar-refractivity contribution in [2.45, 2.75) is 6.92 Å². The molecule has 2 rings (SSSR count). The second-order valence-corrected chi connectivity index (χ2v) is 3.98. The molecule has 2 aromatic carbocycles. The highest BCUT2D eigenvalue weighted by molar-refractivity contribution is 5.92. The largest absolute Gasteiger partial charge is 0.455 e. The molecular weight excluding hydrogens is 228 g/mol. The van der Waals surface area contributed by atoms with Crippen molar-refractivity contribution in [2.75, 3.05) is 5.73 Å². The van der Waals surface area contributed by atoms with Crippen molar-refractivity contribution in [1.29, 1.82) is 0 Å². The molecule has 0 unspecified atom stereocenters. The van der Waals surface area contributed by atoms with E-state index in [4.69, 9.17) is 16.2 Å². The fourth-order valence-corrected chi connectivity index (χ4v) is 1.56. The van der Waals surface area contributed by atoms with Gasteiger partial charge in [-0.25, -0.2) is 0 Å². The Morgan fingerprint density at radius 3 is 2.39 bits per heavy atom. The van der Waals surface area contributed by atoms with Gasteiger partial charge in [0.1, 0.15) is 5.75 Å². The molecule has 4 nitrogen and oxygen atoms in total. The zero-order valence-electron chi connectivity index (χ0n) is 10.0. The molecule has 92 valence electrons. The Labute approximate surface area is 105 Å². The van der Waals surface area contributed by atoms with Crippen molar-refractivity contribution in [3.05, 3.63) is 53.6 Å². The Bertz CT molecular complexity index is 577. The molecule has 0 aliphatic heterocycles. The van der Waals surface area contributed by atoms with Gasteiger partial charge in [0.25, 0.3) is 0 Å². The van der Waals surface area contributed by atoms with Gasteiger partial charge in [0.15, 0.2) is 5.75 Å². The third kappa shape index (κ3) is 2.43. The summed E-state index contributed by atoms with van der Waals surface area (Å²) in [7, 11) is 0. The highest BCUT2D eigenvalue weighted by Crippen LogP contribution is 2.29.